The number of nitrogens with zero attached hydrogens (tertiary/aromatic N) is 2. The van der Waals surface area contributed by atoms with Gasteiger partial charge in [0.15, 0.2) is 0 Å². The van der Waals surface area contributed by atoms with Crippen LogP contribution >= 0.6 is 0 Å². The molecule has 1 aromatic heterocycles. The lowest BCUT2D eigenvalue weighted by Crippen LogP contribution is -2.16. The Morgan fingerprint density at radius 1 is 1.35 bits per heavy atom. The molecule has 1 saturated heterocycles. The van der Waals surface area contributed by atoms with Crippen LogP contribution in [0.1, 0.15) is 18.0 Å². The quantitative estimate of drug-likeness (QED) is 0.802. The van der Waals surface area contributed by atoms with Gasteiger partial charge < -0.3 is 4.90 Å². The van der Waals surface area contributed by atoms with Crippen LogP contribution in [0, 0.1) is 0 Å². The minimum Gasteiger partial charge on any atom is -0.306 e. The van der Waals surface area contributed by atoms with Crippen LogP contribution in [0.4, 0.5) is 0 Å². The molecule has 1 aliphatic rings. The van der Waals surface area contributed by atoms with Crippen LogP contribution in [-0.2, 0) is 0 Å². The predicted octanol–water partition coefficient (Wildman–Crippen LogP) is 1.34. The molecule has 3 rings (SSSR count). The summed E-state index contributed by atoms with van der Waals surface area (Å²) in [6.07, 6.45) is 1.11. The Bertz CT molecular complexity index is 605. The second-order valence-corrected chi connectivity index (χ2v) is 4.73. The van der Waals surface area contributed by atoms with Crippen LogP contribution in [-0.4, -0.2) is 35.2 Å². The van der Waals surface area contributed by atoms with E-state index < -0.39 is 0 Å². The molecule has 1 N–H and O–H groups in total. The number of aromatic nitrogens is 2. The van der Waals surface area contributed by atoms with Crippen molar-refractivity contribution >= 4 is 10.8 Å². The summed E-state index contributed by atoms with van der Waals surface area (Å²) < 4.78 is 0. The molecule has 0 saturated carbocycles. The largest absolute Gasteiger partial charge is 0.306 e. The van der Waals surface area contributed by atoms with Crippen LogP contribution in [0.25, 0.3) is 10.8 Å². The average Bonchev–Trinajstić information content (AvgIpc) is 2.77. The maximum absolute atomic E-state index is 11.7. The highest BCUT2D eigenvalue weighted by molar-refractivity contribution is 5.83. The number of aromatic amines is 1. The Kier molecular flexibility index (Phi) is 2.44. The Morgan fingerprint density at radius 2 is 2.12 bits per heavy atom. The number of rotatable bonds is 1. The molecule has 0 spiro atoms. The van der Waals surface area contributed by atoms with E-state index >= 15 is 0 Å². The molecule has 1 unspecified atom stereocenters. The van der Waals surface area contributed by atoms with E-state index in [1.807, 2.05) is 24.3 Å². The monoisotopic (exact) mass is 229 g/mol. The summed E-state index contributed by atoms with van der Waals surface area (Å²) in [5.74, 6) is 0.432. The number of likely N-dealkylation sites (tertiary alicyclic amines) is 1. The molecule has 1 atom stereocenters. The van der Waals surface area contributed by atoms with Crippen LogP contribution in [0.2, 0.25) is 0 Å². The van der Waals surface area contributed by atoms with E-state index in [-0.39, 0.29) is 5.56 Å². The molecule has 0 amide bonds. The van der Waals surface area contributed by atoms with Crippen LogP contribution in [0.3, 0.4) is 0 Å². The third-order valence-electron chi connectivity index (χ3n) is 3.50. The molecule has 0 aliphatic carbocycles. The zero-order chi connectivity index (χ0) is 11.8. The average molecular weight is 229 g/mol. The Labute approximate surface area is 99.3 Å². The van der Waals surface area contributed by atoms with Crippen LogP contribution in [0.15, 0.2) is 29.1 Å². The fourth-order valence-corrected chi connectivity index (χ4v) is 2.61. The highest BCUT2D eigenvalue weighted by atomic mass is 16.1. The second-order valence-electron chi connectivity index (χ2n) is 4.73. The highest BCUT2D eigenvalue weighted by Crippen LogP contribution is 2.28. The summed E-state index contributed by atoms with van der Waals surface area (Å²) in [6.45, 7) is 2.11. The number of H-pyrrole nitrogens is 1. The van der Waals surface area contributed by atoms with Crippen LogP contribution in [0.5, 0.6) is 0 Å². The highest BCUT2D eigenvalue weighted by Gasteiger charge is 2.24. The Balaban J connectivity index is 2.17. The van der Waals surface area contributed by atoms with Gasteiger partial charge in [0.1, 0.15) is 0 Å². The molecule has 1 aromatic carbocycles. The molecule has 1 fully saturated rings. The van der Waals surface area contributed by atoms with E-state index in [2.05, 4.69) is 22.1 Å². The summed E-state index contributed by atoms with van der Waals surface area (Å²) in [4.78, 5) is 14.0. The SMILES string of the molecule is CN1CCC(c2n[nH]c(=O)c3ccccc23)C1. The molecule has 4 heteroatoms. The first-order chi connectivity index (χ1) is 8.25. The summed E-state index contributed by atoms with van der Waals surface area (Å²) in [6, 6.07) is 7.71. The van der Waals surface area contributed by atoms with Crippen molar-refractivity contribution in [2.24, 2.45) is 0 Å². The molecule has 0 radical (unpaired) electrons. The predicted molar refractivity (Wildman–Crippen MR) is 67.2 cm³/mol. The molecule has 2 heterocycles. The van der Waals surface area contributed by atoms with Crippen molar-refractivity contribution in [3.63, 3.8) is 0 Å². The maximum Gasteiger partial charge on any atom is 0.272 e. The van der Waals surface area contributed by atoms with Crippen molar-refractivity contribution < 1.29 is 0 Å². The minimum absolute atomic E-state index is 0.101. The van der Waals surface area contributed by atoms with Gasteiger partial charge >= 0.3 is 0 Å². The normalized spacial score (nSPS) is 21.1. The van der Waals surface area contributed by atoms with Crippen molar-refractivity contribution in [3.05, 3.63) is 40.3 Å². The third kappa shape index (κ3) is 1.74. The topological polar surface area (TPSA) is 49.0 Å². The maximum atomic E-state index is 11.7. The van der Waals surface area contributed by atoms with E-state index in [1.54, 1.807) is 0 Å². The van der Waals surface area contributed by atoms with Gasteiger partial charge in [0.25, 0.3) is 5.56 Å². The van der Waals surface area contributed by atoms with Crippen molar-refractivity contribution in [2.45, 2.75) is 12.3 Å². The van der Waals surface area contributed by atoms with Gasteiger partial charge in [0, 0.05) is 17.8 Å². The van der Waals surface area contributed by atoms with Crippen molar-refractivity contribution in [3.8, 4) is 0 Å². The van der Waals surface area contributed by atoms with E-state index in [0.29, 0.717) is 5.92 Å². The molecule has 1 aliphatic heterocycles. The molecular weight excluding hydrogens is 214 g/mol. The summed E-state index contributed by atoms with van der Waals surface area (Å²) >= 11 is 0. The van der Waals surface area contributed by atoms with E-state index in [9.17, 15) is 4.79 Å². The first kappa shape index (κ1) is 10.5. The van der Waals surface area contributed by atoms with Gasteiger partial charge in [0.2, 0.25) is 0 Å². The number of benzene rings is 1. The lowest BCUT2D eigenvalue weighted by atomic mass is 9.99. The standard InChI is InChI=1S/C13H15N3O/c1-16-7-6-9(8-16)12-10-4-2-3-5-11(10)13(17)15-14-12/h2-5,9H,6-8H2,1H3,(H,15,17). The smallest absolute Gasteiger partial charge is 0.272 e. The number of likely N-dealkylation sites (N-methyl/N-ethyl adjacent to an activating group) is 1. The van der Waals surface area contributed by atoms with Crippen LogP contribution < -0.4 is 5.56 Å². The summed E-state index contributed by atoms with van der Waals surface area (Å²) in [5, 5.41) is 8.61. The number of hydrogen-bond donors (Lipinski definition) is 1. The van der Waals surface area contributed by atoms with Crippen molar-refractivity contribution in [1.82, 2.24) is 15.1 Å². The molecule has 88 valence electrons. The second kappa shape index (κ2) is 3.96. The zero-order valence-electron chi connectivity index (χ0n) is 9.81. The lowest BCUT2D eigenvalue weighted by molar-refractivity contribution is 0.410. The van der Waals surface area contributed by atoms with Gasteiger partial charge in [-0.1, -0.05) is 18.2 Å². The van der Waals surface area contributed by atoms with Gasteiger partial charge in [-0.3, -0.25) is 4.79 Å². The molecule has 17 heavy (non-hydrogen) atoms. The molecule has 2 aromatic rings. The fraction of sp³-hybridized carbons (Fsp3) is 0.385. The van der Waals surface area contributed by atoms with Gasteiger partial charge in [-0.05, 0) is 26.1 Å². The van der Waals surface area contributed by atoms with E-state index in [0.717, 1.165) is 36.0 Å². The van der Waals surface area contributed by atoms with Gasteiger partial charge in [-0.15, -0.1) is 0 Å². The Hall–Kier alpha value is -1.68. The van der Waals surface area contributed by atoms with E-state index in [1.165, 1.54) is 0 Å². The van der Waals surface area contributed by atoms with Crippen molar-refractivity contribution in [2.75, 3.05) is 20.1 Å². The van der Waals surface area contributed by atoms with Gasteiger partial charge in [-0.25, -0.2) is 5.10 Å². The zero-order valence-corrected chi connectivity index (χ0v) is 9.81. The first-order valence-electron chi connectivity index (χ1n) is 5.91. The Morgan fingerprint density at radius 3 is 2.82 bits per heavy atom. The first-order valence-corrected chi connectivity index (χ1v) is 5.91. The van der Waals surface area contributed by atoms with Gasteiger partial charge in [-0.2, -0.15) is 5.10 Å². The molecular formula is C13H15N3O. The van der Waals surface area contributed by atoms with Gasteiger partial charge in [0.05, 0.1) is 11.1 Å². The number of fused-ring (bicyclic) bond motifs is 1. The van der Waals surface area contributed by atoms with E-state index in [4.69, 9.17) is 0 Å². The fourth-order valence-electron chi connectivity index (χ4n) is 2.61. The van der Waals surface area contributed by atoms with Crippen molar-refractivity contribution in [1.29, 1.82) is 0 Å². The minimum atomic E-state index is -0.101. The molecule has 4 nitrogen and oxygen atoms in total. The summed E-state index contributed by atoms with van der Waals surface area (Å²) in [5.41, 5.74) is 0.931. The molecule has 0 bridgehead atoms. The number of nitrogens with one attached hydrogen (secondary N) is 1. The lowest BCUT2D eigenvalue weighted by Gasteiger charge is -2.11. The summed E-state index contributed by atoms with van der Waals surface area (Å²) in [7, 11) is 2.12. The third-order valence-corrected chi connectivity index (χ3v) is 3.50. The number of hydrogen-bond acceptors (Lipinski definition) is 3.